The summed E-state index contributed by atoms with van der Waals surface area (Å²) in [6, 6.07) is 2.70. The second kappa shape index (κ2) is 4.51. The van der Waals surface area contributed by atoms with Crippen molar-refractivity contribution in [2.75, 3.05) is 6.61 Å². The molecule has 0 aliphatic heterocycles. The summed E-state index contributed by atoms with van der Waals surface area (Å²) in [5.74, 6) is 0.161. The van der Waals surface area contributed by atoms with Gasteiger partial charge in [-0.2, -0.15) is 5.26 Å². The highest BCUT2D eigenvalue weighted by Crippen LogP contribution is 2.33. The first kappa shape index (κ1) is 10.9. The van der Waals surface area contributed by atoms with Crippen LogP contribution in [0.3, 0.4) is 0 Å². The van der Waals surface area contributed by atoms with Gasteiger partial charge in [0, 0.05) is 11.6 Å². The maximum atomic E-state index is 9.49. The molecule has 0 bridgehead atoms. The summed E-state index contributed by atoms with van der Waals surface area (Å²) in [5, 5.41) is 22.1. The summed E-state index contributed by atoms with van der Waals surface area (Å²) < 4.78 is 0. The monoisotopic (exact) mass is 208 g/mol. The van der Waals surface area contributed by atoms with E-state index in [9.17, 15) is 5.11 Å². The van der Waals surface area contributed by atoms with Gasteiger partial charge in [-0.25, -0.2) is 0 Å². The maximum absolute atomic E-state index is 9.49. The summed E-state index contributed by atoms with van der Waals surface area (Å²) in [6.45, 7) is 0.224. The van der Waals surface area contributed by atoms with Gasteiger partial charge >= 0.3 is 0 Å². The number of hydrogen-bond donors (Lipinski definition) is 2. The number of nitriles is 1. The Morgan fingerprint density at radius 3 is 2.60 bits per heavy atom. The van der Waals surface area contributed by atoms with Gasteiger partial charge in [0.2, 0.25) is 0 Å². The third-order valence-electron chi connectivity index (χ3n) is 4.04. The van der Waals surface area contributed by atoms with E-state index in [0.717, 1.165) is 32.1 Å². The van der Waals surface area contributed by atoms with E-state index in [1.54, 1.807) is 0 Å². The van der Waals surface area contributed by atoms with Crippen molar-refractivity contribution in [3.63, 3.8) is 0 Å². The molecule has 3 nitrogen and oxygen atoms in total. The summed E-state index contributed by atoms with van der Waals surface area (Å²) in [7, 11) is 0. The van der Waals surface area contributed by atoms with Gasteiger partial charge in [0.1, 0.15) is 0 Å². The molecular formula is C12H20N2O. The minimum absolute atomic E-state index is 0.0654. The molecule has 2 atom stereocenters. The van der Waals surface area contributed by atoms with Crippen LogP contribution >= 0.6 is 0 Å². The molecule has 15 heavy (non-hydrogen) atoms. The molecule has 3 heteroatoms. The van der Waals surface area contributed by atoms with Crippen LogP contribution < -0.4 is 5.32 Å². The largest absolute Gasteiger partial charge is 0.394 e. The van der Waals surface area contributed by atoms with Crippen LogP contribution in [0.15, 0.2) is 0 Å². The summed E-state index contributed by atoms with van der Waals surface area (Å²) in [5.41, 5.74) is -0.0654. The van der Waals surface area contributed by atoms with Crippen LogP contribution in [0, 0.1) is 17.2 Å². The van der Waals surface area contributed by atoms with Gasteiger partial charge in [0.05, 0.1) is 18.6 Å². The quantitative estimate of drug-likeness (QED) is 0.740. The predicted molar refractivity (Wildman–Crippen MR) is 58.2 cm³/mol. The molecule has 2 aliphatic rings. The molecule has 0 radical (unpaired) electrons. The Kier molecular flexibility index (Phi) is 3.28. The molecule has 0 aromatic rings. The minimum Gasteiger partial charge on any atom is -0.394 e. The molecule has 0 spiro atoms. The first-order valence-corrected chi connectivity index (χ1v) is 6.08. The van der Waals surface area contributed by atoms with Gasteiger partial charge < -0.3 is 10.4 Å². The van der Waals surface area contributed by atoms with Gasteiger partial charge in [0.25, 0.3) is 0 Å². The van der Waals surface area contributed by atoms with E-state index in [2.05, 4.69) is 11.4 Å². The van der Waals surface area contributed by atoms with Crippen LogP contribution in [0.4, 0.5) is 0 Å². The number of hydrogen-bond acceptors (Lipinski definition) is 3. The Hall–Kier alpha value is -0.590. The minimum atomic E-state index is -0.0654. The van der Waals surface area contributed by atoms with E-state index >= 15 is 0 Å². The lowest BCUT2D eigenvalue weighted by Gasteiger charge is -2.32. The van der Waals surface area contributed by atoms with Crippen LogP contribution in [0.25, 0.3) is 0 Å². The van der Waals surface area contributed by atoms with Crippen LogP contribution in [-0.4, -0.2) is 23.3 Å². The second-order valence-electron chi connectivity index (χ2n) is 5.06. The number of nitrogens with one attached hydrogen (secondary N) is 1. The Morgan fingerprint density at radius 1 is 1.27 bits per heavy atom. The first-order chi connectivity index (χ1) is 7.29. The molecule has 2 fully saturated rings. The Morgan fingerprint density at radius 2 is 2.00 bits per heavy atom. The lowest BCUT2D eigenvalue weighted by molar-refractivity contribution is 0.146. The van der Waals surface area contributed by atoms with Gasteiger partial charge in [0.15, 0.2) is 0 Å². The molecule has 2 unspecified atom stereocenters. The van der Waals surface area contributed by atoms with Crippen molar-refractivity contribution in [3.8, 4) is 6.07 Å². The fraction of sp³-hybridized carbons (Fsp3) is 0.917. The normalized spacial score (nSPS) is 34.1. The molecule has 2 aliphatic carbocycles. The third-order valence-corrected chi connectivity index (χ3v) is 4.04. The van der Waals surface area contributed by atoms with Crippen molar-refractivity contribution < 1.29 is 5.11 Å². The lowest BCUT2D eigenvalue weighted by atomic mass is 9.94. The summed E-state index contributed by atoms with van der Waals surface area (Å²) in [4.78, 5) is 0. The second-order valence-corrected chi connectivity index (χ2v) is 5.06. The van der Waals surface area contributed by atoms with Gasteiger partial charge in [-0.1, -0.05) is 19.3 Å². The highest BCUT2D eigenvalue weighted by atomic mass is 16.3. The van der Waals surface area contributed by atoms with E-state index < -0.39 is 0 Å². The highest BCUT2D eigenvalue weighted by Gasteiger charge is 2.38. The molecular weight excluding hydrogens is 188 g/mol. The van der Waals surface area contributed by atoms with Crippen molar-refractivity contribution in [2.24, 2.45) is 5.92 Å². The molecule has 0 saturated heterocycles. The Labute approximate surface area is 91.5 Å². The third kappa shape index (κ3) is 2.16. The van der Waals surface area contributed by atoms with Gasteiger partial charge in [-0.15, -0.1) is 0 Å². The van der Waals surface area contributed by atoms with E-state index in [1.807, 2.05) is 0 Å². The molecule has 0 aromatic carbocycles. The zero-order chi connectivity index (χ0) is 10.7. The molecule has 0 amide bonds. The number of rotatable bonds is 3. The molecule has 84 valence electrons. The summed E-state index contributed by atoms with van der Waals surface area (Å²) >= 11 is 0. The number of aliphatic hydroxyl groups excluding tert-OH is 1. The first-order valence-electron chi connectivity index (χ1n) is 6.08. The summed E-state index contributed by atoms with van der Waals surface area (Å²) in [6.07, 6.45) is 7.82. The SMILES string of the molecule is N#CC1CCCC1NC1(CO)CCCC1. The number of nitrogens with zero attached hydrogens (tertiary/aromatic N) is 1. The van der Waals surface area contributed by atoms with E-state index in [0.29, 0.717) is 6.04 Å². The smallest absolute Gasteiger partial charge is 0.0672 e. The predicted octanol–water partition coefficient (Wildman–Crippen LogP) is 1.57. The van der Waals surface area contributed by atoms with Crippen molar-refractivity contribution >= 4 is 0 Å². The maximum Gasteiger partial charge on any atom is 0.0672 e. The van der Waals surface area contributed by atoms with E-state index in [1.165, 1.54) is 12.8 Å². The van der Waals surface area contributed by atoms with Crippen molar-refractivity contribution in [3.05, 3.63) is 0 Å². The Balaban J connectivity index is 1.97. The molecule has 2 saturated carbocycles. The lowest BCUT2D eigenvalue weighted by Crippen LogP contribution is -2.52. The van der Waals surface area contributed by atoms with E-state index in [-0.39, 0.29) is 18.1 Å². The molecule has 2 N–H and O–H groups in total. The van der Waals surface area contributed by atoms with Crippen molar-refractivity contribution in [2.45, 2.75) is 56.5 Å². The standard InChI is InChI=1S/C12H20N2O/c13-8-10-4-3-5-11(10)14-12(9-15)6-1-2-7-12/h10-11,14-15H,1-7,9H2. The molecule has 0 aromatic heterocycles. The van der Waals surface area contributed by atoms with Gasteiger partial charge in [-0.3, -0.25) is 0 Å². The van der Waals surface area contributed by atoms with E-state index in [4.69, 9.17) is 5.26 Å². The topological polar surface area (TPSA) is 56.0 Å². The zero-order valence-corrected chi connectivity index (χ0v) is 9.21. The highest BCUT2D eigenvalue weighted by molar-refractivity contribution is 5.02. The van der Waals surface area contributed by atoms with Crippen LogP contribution in [0.1, 0.15) is 44.9 Å². The van der Waals surface area contributed by atoms with Crippen molar-refractivity contribution in [1.82, 2.24) is 5.32 Å². The average Bonchev–Trinajstić information content (AvgIpc) is 2.88. The molecule has 0 heterocycles. The van der Waals surface area contributed by atoms with Crippen LogP contribution in [0.5, 0.6) is 0 Å². The average molecular weight is 208 g/mol. The fourth-order valence-corrected chi connectivity index (χ4v) is 3.08. The van der Waals surface area contributed by atoms with Crippen LogP contribution in [-0.2, 0) is 0 Å². The van der Waals surface area contributed by atoms with Gasteiger partial charge in [-0.05, 0) is 25.7 Å². The fourth-order valence-electron chi connectivity index (χ4n) is 3.08. The number of aliphatic hydroxyl groups is 1. The Bertz CT molecular complexity index is 253. The zero-order valence-electron chi connectivity index (χ0n) is 9.21. The van der Waals surface area contributed by atoms with Crippen molar-refractivity contribution in [1.29, 1.82) is 5.26 Å². The van der Waals surface area contributed by atoms with Crippen LogP contribution in [0.2, 0.25) is 0 Å². The molecule has 2 rings (SSSR count).